The zero-order valence-electron chi connectivity index (χ0n) is 12.7. The van der Waals surface area contributed by atoms with Gasteiger partial charge < -0.3 is 15.7 Å². The second-order valence-corrected chi connectivity index (χ2v) is 6.60. The number of carbonyl (C=O) groups excluding carboxylic acids is 1. The third kappa shape index (κ3) is 4.74. The first-order chi connectivity index (χ1) is 9.69. The van der Waals surface area contributed by atoms with Crippen LogP contribution in [0.3, 0.4) is 0 Å². The van der Waals surface area contributed by atoms with Crippen molar-refractivity contribution in [2.75, 3.05) is 6.61 Å². The van der Waals surface area contributed by atoms with E-state index >= 15 is 0 Å². The van der Waals surface area contributed by atoms with Gasteiger partial charge in [0, 0.05) is 31.7 Å². The van der Waals surface area contributed by atoms with E-state index in [1.54, 1.807) is 6.92 Å². The Balaban J connectivity index is 1.77. The Kier molecular flexibility index (Phi) is 6.30. The smallest absolute Gasteiger partial charge is 0.217 e. The highest BCUT2D eigenvalue weighted by Crippen LogP contribution is 2.26. The minimum atomic E-state index is 0.0884. The molecule has 0 bridgehead atoms. The van der Waals surface area contributed by atoms with Gasteiger partial charge in [-0.1, -0.05) is 19.3 Å². The molecule has 0 saturated heterocycles. The molecule has 2 aliphatic carbocycles. The molecule has 2 aliphatic rings. The second-order valence-electron chi connectivity index (χ2n) is 6.60. The molecule has 20 heavy (non-hydrogen) atoms. The van der Waals surface area contributed by atoms with E-state index < -0.39 is 0 Å². The molecule has 2 saturated carbocycles. The number of amides is 1. The van der Waals surface area contributed by atoms with E-state index in [4.69, 9.17) is 0 Å². The third-order valence-corrected chi connectivity index (χ3v) is 4.98. The largest absolute Gasteiger partial charge is 0.396 e. The van der Waals surface area contributed by atoms with Crippen LogP contribution in [0.4, 0.5) is 0 Å². The van der Waals surface area contributed by atoms with Crippen LogP contribution in [-0.4, -0.2) is 35.7 Å². The molecule has 0 spiro atoms. The molecule has 0 radical (unpaired) electrons. The zero-order valence-corrected chi connectivity index (χ0v) is 12.7. The first-order valence-corrected chi connectivity index (χ1v) is 8.33. The molecular weight excluding hydrogens is 252 g/mol. The predicted molar refractivity (Wildman–Crippen MR) is 80.4 cm³/mol. The number of aliphatic hydroxyl groups excluding tert-OH is 1. The van der Waals surface area contributed by atoms with Crippen molar-refractivity contribution in [2.24, 2.45) is 5.92 Å². The first-order valence-electron chi connectivity index (χ1n) is 8.33. The lowest BCUT2D eigenvalue weighted by Gasteiger charge is -2.34. The maximum Gasteiger partial charge on any atom is 0.217 e. The molecule has 4 heteroatoms. The zero-order chi connectivity index (χ0) is 14.4. The fraction of sp³-hybridized carbons (Fsp3) is 0.938. The van der Waals surface area contributed by atoms with Crippen LogP contribution in [0.5, 0.6) is 0 Å². The van der Waals surface area contributed by atoms with Crippen LogP contribution in [0.2, 0.25) is 0 Å². The van der Waals surface area contributed by atoms with Gasteiger partial charge in [0.15, 0.2) is 0 Å². The quantitative estimate of drug-likeness (QED) is 0.691. The molecule has 1 amide bonds. The highest BCUT2D eigenvalue weighted by Gasteiger charge is 2.28. The summed E-state index contributed by atoms with van der Waals surface area (Å²) in [4.78, 5) is 11.1. The third-order valence-electron chi connectivity index (χ3n) is 4.98. The fourth-order valence-corrected chi connectivity index (χ4v) is 3.82. The summed E-state index contributed by atoms with van der Waals surface area (Å²) in [5.74, 6) is 0.524. The lowest BCUT2D eigenvalue weighted by molar-refractivity contribution is -0.119. The second kappa shape index (κ2) is 7.99. The number of rotatable bonds is 4. The summed E-state index contributed by atoms with van der Waals surface area (Å²) in [5.41, 5.74) is 0. The summed E-state index contributed by atoms with van der Waals surface area (Å²) >= 11 is 0. The van der Waals surface area contributed by atoms with Gasteiger partial charge in [0.1, 0.15) is 0 Å². The van der Waals surface area contributed by atoms with Gasteiger partial charge in [0.25, 0.3) is 0 Å². The SMILES string of the molecule is CC(=O)NC1CCC(N[C@H]2CCCCC[C@@H]2CO)CC1. The van der Waals surface area contributed by atoms with Gasteiger partial charge in [-0.15, -0.1) is 0 Å². The number of hydrogen-bond acceptors (Lipinski definition) is 3. The summed E-state index contributed by atoms with van der Waals surface area (Å²) in [7, 11) is 0. The van der Waals surface area contributed by atoms with Crippen molar-refractivity contribution in [3.8, 4) is 0 Å². The van der Waals surface area contributed by atoms with Gasteiger partial charge in [-0.05, 0) is 44.4 Å². The molecule has 0 aliphatic heterocycles. The summed E-state index contributed by atoms with van der Waals surface area (Å²) in [6, 6.07) is 1.43. The van der Waals surface area contributed by atoms with Crippen molar-refractivity contribution in [3.05, 3.63) is 0 Å². The lowest BCUT2D eigenvalue weighted by Crippen LogP contribution is -2.47. The molecule has 4 nitrogen and oxygen atoms in total. The number of aliphatic hydroxyl groups is 1. The van der Waals surface area contributed by atoms with Crippen LogP contribution in [0, 0.1) is 5.92 Å². The van der Waals surface area contributed by atoms with Crippen molar-refractivity contribution in [1.29, 1.82) is 0 Å². The van der Waals surface area contributed by atoms with Crippen LogP contribution in [0.1, 0.15) is 64.7 Å². The molecule has 0 aromatic heterocycles. The fourth-order valence-electron chi connectivity index (χ4n) is 3.82. The Morgan fingerprint density at radius 3 is 2.30 bits per heavy atom. The molecule has 2 fully saturated rings. The van der Waals surface area contributed by atoms with Crippen LogP contribution in [0.15, 0.2) is 0 Å². The standard InChI is InChI=1S/C16H30N2O2/c1-12(20)17-14-7-9-15(10-8-14)18-16-6-4-2-3-5-13(16)11-19/h13-16,18-19H,2-11H2,1H3,(H,17,20)/t13-,14?,15?,16+/m1/s1. The van der Waals surface area contributed by atoms with Gasteiger partial charge in [-0.2, -0.15) is 0 Å². The van der Waals surface area contributed by atoms with Gasteiger partial charge in [0.05, 0.1) is 0 Å². The molecule has 2 rings (SSSR count). The molecule has 0 aromatic carbocycles. The van der Waals surface area contributed by atoms with Gasteiger partial charge >= 0.3 is 0 Å². The normalized spacial score (nSPS) is 35.3. The maximum atomic E-state index is 11.1. The maximum absolute atomic E-state index is 11.1. The monoisotopic (exact) mass is 282 g/mol. The van der Waals surface area contributed by atoms with E-state index in [9.17, 15) is 9.90 Å². The summed E-state index contributed by atoms with van der Waals surface area (Å²) in [6.07, 6.45) is 10.7. The lowest BCUT2D eigenvalue weighted by atomic mass is 9.88. The van der Waals surface area contributed by atoms with Gasteiger partial charge in [0.2, 0.25) is 5.91 Å². The van der Waals surface area contributed by atoms with Crippen molar-refractivity contribution in [3.63, 3.8) is 0 Å². The van der Waals surface area contributed by atoms with Gasteiger partial charge in [-0.25, -0.2) is 0 Å². The molecule has 0 unspecified atom stereocenters. The van der Waals surface area contributed by atoms with Gasteiger partial charge in [-0.3, -0.25) is 4.79 Å². The highest BCUT2D eigenvalue weighted by atomic mass is 16.3. The average molecular weight is 282 g/mol. The van der Waals surface area contributed by atoms with Crippen LogP contribution >= 0.6 is 0 Å². The number of carbonyl (C=O) groups is 1. The van der Waals surface area contributed by atoms with Crippen molar-refractivity contribution >= 4 is 5.91 Å². The van der Waals surface area contributed by atoms with E-state index in [0.717, 1.165) is 32.1 Å². The molecule has 3 N–H and O–H groups in total. The van der Waals surface area contributed by atoms with Crippen molar-refractivity contribution in [2.45, 2.75) is 82.8 Å². The minimum Gasteiger partial charge on any atom is -0.396 e. The van der Waals surface area contributed by atoms with E-state index in [1.165, 1.54) is 25.7 Å². The Morgan fingerprint density at radius 1 is 1.00 bits per heavy atom. The molecule has 0 heterocycles. The average Bonchev–Trinajstić information content (AvgIpc) is 2.65. The summed E-state index contributed by atoms with van der Waals surface area (Å²) in [5, 5.41) is 16.4. The Bertz CT molecular complexity index is 301. The Hall–Kier alpha value is -0.610. The summed E-state index contributed by atoms with van der Waals surface area (Å²) < 4.78 is 0. The molecule has 116 valence electrons. The minimum absolute atomic E-state index is 0.0884. The number of nitrogens with one attached hydrogen (secondary N) is 2. The van der Waals surface area contributed by atoms with Crippen LogP contribution < -0.4 is 10.6 Å². The molecular formula is C16H30N2O2. The molecule has 2 atom stereocenters. The number of hydrogen-bond donors (Lipinski definition) is 3. The summed E-state index contributed by atoms with van der Waals surface area (Å²) in [6.45, 7) is 1.92. The van der Waals surface area contributed by atoms with Crippen LogP contribution in [0.25, 0.3) is 0 Å². The van der Waals surface area contributed by atoms with E-state index in [-0.39, 0.29) is 5.91 Å². The molecule has 0 aromatic rings. The van der Waals surface area contributed by atoms with E-state index in [2.05, 4.69) is 10.6 Å². The van der Waals surface area contributed by atoms with E-state index in [1.807, 2.05) is 0 Å². The Morgan fingerprint density at radius 2 is 1.65 bits per heavy atom. The highest BCUT2D eigenvalue weighted by molar-refractivity contribution is 5.73. The van der Waals surface area contributed by atoms with Crippen molar-refractivity contribution < 1.29 is 9.90 Å². The van der Waals surface area contributed by atoms with Crippen LogP contribution in [-0.2, 0) is 4.79 Å². The van der Waals surface area contributed by atoms with E-state index in [0.29, 0.717) is 30.7 Å². The Labute approximate surface area is 122 Å². The first kappa shape index (κ1) is 15.8. The van der Waals surface area contributed by atoms with Crippen molar-refractivity contribution in [1.82, 2.24) is 10.6 Å². The topological polar surface area (TPSA) is 61.4 Å². The predicted octanol–water partition coefficient (Wildman–Crippen LogP) is 1.96.